The first kappa shape index (κ1) is 17.3. The van der Waals surface area contributed by atoms with Crippen LogP contribution < -0.4 is 15.1 Å². The maximum Gasteiger partial charge on any atom is 0.229 e. The third-order valence-electron chi connectivity index (χ3n) is 5.01. The predicted molar refractivity (Wildman–Crippen MR) is 112 cm³/mol. The van der Waals surface area contributed by atoms with Gasteiger partial charge in [0.25, 0.3) is 0 Å². The van der Waals surface area contributed by atoms with Crippen LogP contribution in [0.4, 0.5) is 23.1 Å². The zero-order valence-electron chi connectivity index (χ0n) is 15.7. The van der Waals surface area contributed by atoms with E-state index in [1.807, 2.05) is 18.3 Å². The second kappa shape index (κ2) is 8.08. The number of nitrogens with zero attached hydrogens (tertiary/aromatic N) is 4. The summed E-state index contributed by atoms with van der Waals surface area (Å²) in [6.45, 7) is 6.06. The molecule has 27 heavy (non-hydrogen) atoms. The summed E-state index contributed by atoms with van der Waals surface area (Å²) in [4.78, 5) is 13.9. The van der Waals surface area contributed by atoms with Crippen LogP contribution in [-0.2, 0) is 6.42 Å². The van der Waals surface area contributed by atoms with Gasteiger partial charge in [-0.1, -0.05) is 43.3 Å². The van der Waals surface area contributed by atoms with E-state index in [1.165, 1.54) is 11.3 Å². The molecule has 0 spiro atoms. The van der Waals surface area contributed by atoms with Gasteiger partial charge in [0.05, 0.1) is 0 Å². The molecule has 0 aliphatic carbocycles. The third-order valence-corrected chi connectivity index (χ3v) is 5.01. The molecule has 138 valence electrons. The second-order valence-corrected chi connectivity index (χ2v) is 6.68. The highest BCUT2D eigenvalue weighted by atomic mass is 15.3. The van der Waals surface area contributed by atoms with Crippen LogP contribution in [0.2, 0.25) is 0 Å². The molecular weight excluding hydrogens is 334 g/mol. The van der Waals surface area contributed by atoms with E-state index in [1.54, 1.807) is 0 Å². The highest BCUT2D eigenvalue weighted by molar-refractivity contribution is 5.59. The van der Waals surface area contributed by atoms with E-state index in [4.69, 9.17) is 4.98 Å². The Balaban J connectivity index is 1.44. The van der Waals surface area contributed by atoms with E-state index < -0.39 is 0 Å². The highest BCUT2D eigenvalue weighted by Gasteiger charge is 2.18. The van der Waals surface area contributed by atoms with Crippen molar-refractivity contribution < 1.29 is 0 Å². The quantitative estimate of drug-likeness (QED) is 0.743. The van der Waals surface area contributed by atoms with Crippen molar-refractivity contribution in [3.63, 3.8) is 0 Å². The Bertz CT molecular complexity index is 873. The highest BCUT2D eigenvalue weighted by Crippen LogP contribution is 2.22. The fourth-order valence-electron chi connectivity index (χ4n) is 3.49. The zero-order chi connectivity index (χ0) is 18.5. The normalized spacial score (nSPS) is 14.3. The summed E-state index contributed by atoms with van der Waals surface area (Å²) in [6, 6.07) is 20.9. The number of rotatable bonds is 5. The van der Waals surface area contributed by atoms with Crippen LogP contribution in [0.3, 0.4) is 0 Å². The number of para-hydroxylation sites is 2. The van der Waals surface area contributed by atoms with Gasteiger partial charge in [-0.2, -0.15) is 4.98 Å². The molecule has 0 bridgehead atoms. The fraction of sp³-hybridized carbons (Fsp3) is 0.273. The number of aryl methyl sites for hydroxylation is 1. The molecule has 2 heterocycles. The van der Waals surface area contributed by atoms with Crippen molar-refractivity contribution in [2.45, 2.75) is 13.3 Å². The van der Waals surface area contributed by atoms with Crippen LogP contribution >= 0.6 is 0 Å². The number of aromatic nitrogens is 2. The molecule has 1 fully saturated rings. The van der Waals surface area contributed by atoms with Crippen molar-refractivity contribution >= 4 is 23.1 Å². The molecule has 0 atom stereocenters. The summed E-state index contributed by atoms with van der Waals surface area (Å²) in [5.74, 6) is 1.63. The van der Waals surface area contributed by atoms with Crippen molar-refractivity contribution in [3.8, 4) is 0 Å². The van der Waals surface area contributed by atoms with Crippen LogP contribution in [0.15, 0.2) is 66.9 Å². The number of anilines is 4. The zero-order valence-corrected chi connectivity index (χ0v) is 15.7. The van der Waals surface area contributed by atoms with Crippen LogP contribution in [-0.4, -0.2) is 36.1 Å². The number of piperazine rings is 1. The standard InChI is InChI=1S/C22H25N5/c1-2-18-8-6-7-11-20(18)24-22-23-13-12-21(25-22)27-16-14-26(15-17-27)19-9-4-3-5-10-19/h3-13H,2,14-17H2,1H3,(H,23,24,25). The maximum atomic E-state index is 4.75. The van der Waals surface area contributed by atoms with Gasteiger partial charge in [-0.3, -0.25) is 0 Å². The minimum atomic E-state index is 0.652. The molecule has 5 heteroatoms. The van der Waals surface area contributed by atoms with Gasteiger partial charge in [0, 0.05) is 43.8 Å². The summed E-state index contributed by atoms with van der Waals surface area (Å²) < 4.78 is 0. The summed E-state index contributed by atoms with van der Waals surface area (Å²) in [5, 5.41) is 3.38. The molecular formula is C22H25N5. The van der Waals surface area contributed by atoms with Gasteiger partial charge in [0.1, 0.15) is 5.82 Å². The SMILES string of the molecule is CCc1ccccc1Nc1nccc(N2CCN(c3ccccc3)CC2)n1. The van der Waals surface area contributed by atoms with Gasteiger partial charge in [-0.15, -0.1) is 0 Å². The smallest absolute Gasteiger partial charge is 0.229 e. The largest absolute Gasteiger partial charge is 0.368 e. The van der Waals surface area contributed by atoms with Crippen molar-refractivity contribution in [3.05, 3.63) is 72.4 Å². The monoisotopic (exact) mass is 359 g/mol. The summed E-state index contributed by atoms with van der Waals surface area (Å²) in [6.07, 6.45) is 2.81. The van der Waals surface area contributed by atoms with Gasteiger partial charge in [-0.05, 0) is 36.2 Å². The van der Waals surface area contributed by atoms with Crippen molar-refractivity contribution in [1.29, 1.82) is 0 Å². The molecule has 0 amide bonds. The van der Waals surface area contributed by atoms with Crippen LogP contribution in [0.1, 0.15) is 12.5 Å². The predicted octanol–water partition coefficient (Wildman–Crippen LogP) is 4.11. The minimum Gasteiger partial charge on any atom is -0.368 e. The van der Waals surface area contributed by atoms with Gasteiger partial charge >= 0.3 is 0 Å². The third kappa shape index (κ3) is 4.03. The molecule has 5 nitrogen and oxygen atoms in total. The molecule has 1 aliphatic heterocycles. The lowest BCUT2D eigenvalue weighted by atomic mass is 10.1. The van der Waals surface area contributed by atoms with Crippen LogP contribution in [0.5, 0.6) is 0 Å². The Labute approximate surface area is 160 Å². The Morgan fingerprint density at radius 2 is 1.56 bits per heavy atom. The Kier molecular flexibility index (Phi) is 5.19. The van der Waals surface area contributed by atoms with E-state index in [9.17, 15) is 0 Å². The number of benzene rings is 2. The minimum absolute atomic E-state index is 0.652. The second-order valence-electron chi connectivity index (χ2n) is 6.68. The first-order valence-corrected chi connectivity index (χ1v) is 9.56. The molecule has 0 unspecified atom stereocenters. The molecule has 1 aromatic heterocycles. The van der Waals surface area contributed by atoms with E-state index in [0.717, 1.165) is 44.1 Å². The fourth-order valence-corrected chi connectivity index (χ4v) is 3.49. The Morgan fingerprint density at radius 1 is 0.852 bits per heavy atom. The molecule has 1 N–H and O–H groups in total. The van der Waals surface area contributed by atoms with E-state index in [0.29, 0.717) is 5.95 Å². The molecule has 3 aromatic rings. The van der Waals surface area contributed by atoms with E-state index >= 15 is 0 Å². The number of hydrogen-bond acceptors (Lipinski definition) is 5. The molecule has 1 saturated heterocycles. The van der Waals surface area contributed by atoms with Gasteiger partial charge < -0.3 is 15.1 Å². The first-order chi connectivity index (χ1) is 13.3. The number of nitrogens with one attached hydrogen (secondary N) is 1. The Morgan fingerprint density at radius 3 is 2.33 bits per heavy atom. The molecule has 0 saturated carbocycles. The van der Waals surface area contributed by atoms with Gasteiger partial charge in [0.15, 0.2) is 0 Å². The van der Waals surface area contributed by atoms with Gasteiger partial charge in [0.2, 0.25) is 5.95 Å². The average Bonchev–Trinajstić information content (AvgIpc) is 2.75. The van der Waals surface area contributed by atoms with Crippen molar-refractivity contribution in [2.24, 2.45) is 0 Å². The Hall–Kier alpha value is -3.08. The lowest BCUT2D eigenvalue weighted by Gasteiger charge is -2.36. The summed E-state index contributed by atoms with van der Waals surface area (Å²) in [5.41, 5.74) is 3.63. The van der Waals surface area contributed by atoms with E-state index in [2.05, 4.69) is 75.6 Å². The van der Waals surface area contributed by atoms with E-state index in [-0.39, 0.29) is 0 Å². The topological polar surface area (TPSA) is 44.3 Å². The summed E-state index contributed by atoms with van der Waals surface area (Å²) >= 11 is 0. The summed E-state index contributed by atoms with van der Waals surface area (Å²) in [7, 11) is 0. The maximum absolute atomic E-state index is 4.75. The average molecular weight is 359 g/mol. The number of hydrogen-bond donors (Lipinski definition) is 1. The molecule has 1 aliphatic rings. The van der Waals surface area contributed by atoms with Gasteiger partial charge in [-0.25, -0.2) is 4.98 Å². The molecule has 0 radical (unpaired) electrons. The molecule has 2 aromatic carbocycles. The van der Waals surface area contributed by atoms with Crippen molar-refractivity contribution in [2.75, 3.05) is 41.3 Å². The lowest BCUT2D eigenvalue weighted by Crippen LogP contribution is -2.46. The van der Waals surface area contributed by atoms with Crippen LogP contribution in [0, 0.1) is 0 Å². The van der Waals surface area contributed by atoms with Crippen molar-refractivity contribution in [1.82, 2.24) is 9.97 Å². The lowest BCUT2D eigenvalue weighted by molar-refractivity contribution is 0.647. The molecule has 4 rings (SSSR count). The first-order valence-electron chi connectivity index (χ1n) is 9.56. The van der Waals surface area contributed by atoms with Crippen LogP contribution in [0.25, 0.3) is 0 Å².